The van der Waals surface area contributed by atoms with Crippen LogP contribution in [0.4, 0.5) is 17.2 Å². The van der Waals surface area contributed by atoms with Gasteiger partial charge in [-0.1, -0.05) is 24.3 Å². The number of rotatable bonds is 5. The number of nitrogens with two attached hydrogens (primary N) is 1. The molecule has 1 atom stereocenters. The molecule has 1 heterocycles. The Balaban J connectivity index is 1.59. The number of hydrogen-bond donors (Lipinski definition) is 3. The third kappa shape index (κ3) is 4.15. The van der Waals surface area contributed by atoms with Crippen molar-refractivity contribution in [2.45, 2.75) is 6.92 Å². The summed E-state index contributed by atoms with van der Waals surface area (Å²) in [7, 11) is -3.30. The van der Waals surface area contributed by atoms with Crippen LogP contribution in [0, 0.1) is 6.92 Å². The monoisotopic (exact) mass is 419 g/mol. The molecule has 0 fully saturated rings. The molecule has 1 aromatic heterocycles. The molecule has 1 unspecified atom stereocenters. The second-order valence-electron chi connectivity index (χ2n) is 7.18. The van der Waals surface area contributed by atoms with E-state index in [1.165, 1.54) is 6.66 Å². The van der Waals surface area contributed by atoms with Gasteiger partial charge in [0.05, 0.1) is 0 Å². The number of aryl methyl sites for hydroxylation is 1. The molecule has 4 rings (SSSR count). The number of pyridine rings is 1. The van der Waals surface area contributed by atoms with Gasteiger partial charge in [0.2, 0.25) is 7.37 Å². The van der Waals surface area contributed by atoms with E-state index in [1.807, 2.05) is 49.4 Å². The van der Waals surface area contributed by atoms with E-state index in [0.717, 1.165) is 22.0 Å². The minimum atomic E-state index is -3.30. The molecule has 0 saturated carbocycles. The first kappa shape index (κ1) is 20.0. The summed E-state index contributed by atoms with van der Waals surface area (Å²) in [5.41, 5.74) is 8.29. The van der Waals surface area contributed by atoms with Crippen molar-refractivity contribution < 1.29 is 14.2 Å². The number of fused-ring (bicyclic) bond motifs is 1. The van der Waals surface area contributed by atoms with Gasteiger partial charge in [-0.25, -0.2) is 4.98 Å². The van der Waals surface area contributed by atoms with Crippen molar-refractivity contribution >= 4 is 40.6 Å². The molecular formula is C23H22N3O3P. The van der Waals surface area contributed by atoms with Crippen molar-refractivity contribution in [1.82, 2.24) is 4.98 Å². The van der Waals surface area contributed by atoms with E-state index in [1.54, 1.807) is 30.5 Å². The standard InChI is InChI=1S/C23H22N3O3P/c1-15-13-16(7-10-22(15)30(2,27)28)26-23-14-17(11-12-25-23)29-21-9-8-20(24)18-5-3-4-6-19(18)21/h3-14H,24H2,1-2H3,(H,25,26)(H,27,28). The van der Waals surface area contributed by atoms with Crippen LogP contribution in [0.25, 0.3) is 10.8 Å². The van der Waals surface area contributed by atoms with Crippen molar-refractivity contribution in [3.63, 3.8) is 0 Å². The smallest absolute Gasteiger partial charge is 0.226 e. The molecule has 30 heavy (non-hydrogen) atoms. The fourth-order valence-corrected chi connectivity index (χ4v) is 4.47. The highest BCUT2D eigenvalue weighted by Gasteiger charge is 2.16. The Morgan fingerprint density at radius 1 is 1.03 bits per heavy atom. The quantitative estimate of drug-likeness (QED) is 0.304. The fraction of sp³-hybridized carbons (Fsp3) is 0.0870. The third-order valence-electron chi connectivity index (χ3n) is 4.79. The van der Waals surface area contributed by atoms with Crippen LogP contribution in [0.2, 0.25) is 0 Å². The molecule has 0 saturated heterocycles. The van der Waals surface area contributed by atoms with Crippen molar-refractivity contribution in [1.29, 1.82) is 0 Å². The molecule has 0 aliphatic rings. The molecule has 152 valence electrons. The van der Waals surface area contributed by atoms with Crippen molar-refractivity contribution in [3.05, 3.63) is 78.5 Å². The Morgan fingerprint density at radius 2 is 1.80 bits per heavy atom. The summed E-state index contributed by atoms with van der Waals surface area (Å²) in [5, 5.41) is 5.54. The number of nitrogens with zero attached hydrogens (tertiary/aromatic N) is 1. The molecule has 3 aromatic carbocycles. The number of ether oxygens (including phenoxy) is 1. The van der Waals surface area contributed by atoms with E-state index in [-0.39, 0.29) is 0 Å². The van der Waals surface area contributed by atoms with Crippen LogP contribution in [-0.4, -0.2) is 16.5 Å². The van der Waals surface area contributed by atoms with Crippen LogP contribution in [-0.2, 0) is 4.57 Å². The Morgan fingerprint density at radius 3 is 2.53 bits per heavy atom. The van der Waals surface area contributed by atoms with Gasteiger partial charge in [0, 0.05) is 46.4 Å². The Kier molecular flexibility index (Phi) is 5.20. The molecule has 0 aliphatic carbocycles. The lowest BCUT2D eigenvalue weighted by atomic mass is 10.1. The van der Waals surface area contributed by atoms with Gasteiger partial charge in [0.1, 0.15) is 17.3 Å². The summed E-state index contributed by atoms with van der Waals surface area (Å²) in [6, 6.07) is 20.3. The zero-order valence-corrected chi connectivity index (χ0v) is 17.6. The lowest BCUT2D eigenvalue weighted by molar-refractivity contribution is 0.488. The van der Waals surface area contributed by atoms with E-state index < -0.39 is 7.37 Å². The lowest BCUT2D eigenvalue weighted by Crippen LogP contribution is -2.08. The lowest BCUT2D eigenvalue weighted by Gasteiger charge is -2.13. The predicted molar refractivity (Wildman–Crippen MR) is 123 cm³/mol. The Labute approximate surface area is 174 Å². The maximum absolute atomic E-state index is 11.9. The summed E-state index contributed by atoms with van der Waals surface area (Å²) in [5.74, 6) is 1.94. The van der Waals surface area contributed by atoms with Gasteiger partial charge in [-0.15, -0.1) is 0 Å². The number of aromatic nitrogens is 1. The first-order chi connectivity index (χ1) is 14.3. The molecule has 6 nitrogen and oxygen atoms in total. The van der Waals surface area contributed by atoms with Crippen LogP contribution in [0.15, 0.2) is 72.9 Å². The van der Waals surface area contributed by atoms with Crippen molar-refractivity contribution in [2.75, 3.05) is 17.7 Å². The van der Waals surface area contributed by atoms with E-state index in [0.29, 0.717) is 28.3 Å². The second kappa shape index (κ2) is 7.82. The molecule has 0 spiro atoms. The number of nitrogen functional groups attached to an aromatic ring is 1. The zero-order valence-electron chi connectivity index (χ0n) is 16.7. The van der Waals surface area contributed by atoms with Gasteiger partial charge < -0.3 is 20.7 Å². The topological polar surface area (TPSA) is 97.5 Å². The SMILES string of the molecule is Cc1cc(Nc2cc(Oc3ccc(N)c4ccccc34)ccn2)ccc1P(C)(=O)O. The van der Waals surface area contributed by atoms with Crippen LogP contribution >= 0.6 is 7.37 Å². The van der Waals surface area contributed by atoms with Gasteiger partial charge >= 0.3 is 0 Å². The molecule has 0 radical (unpaired) electrons. The second-order valence-corrected chi connectivity index (χ2v) is 9.42. The Bertz CT molecular complexity index is 1280. The first-order valence-electron chi connectivity index (χ1n) is 9.41. The average Bonchev–Trinajstić information content (AvgIpc) is 2.70. The zero-order chi connectivity index (χ0) is 21.3. The Hall–Kier alpha value is -3.34. The molecule has 4 N–H and O–H groups in total. The van der Waals surface area contributed by atoms with Gasteiger partial charge in [0.15, 0.2) is 0 Å². The van der Waals surface area contributed by atoms with Crippen molar-refractivity contribution in [3.8, 4) is 11.5 Å². The molecule has 7 heteroatoms. The highest BCUT2D eigenvalue weighted by atomic mass is 31.2. The van der Waals surface area contributed by atoms with Crippen LogP contribution < -0.4 is 21.1 Å². The van der Waals surface area contributed by atoms with Gasteiger partial charge in [-0.05, 0) is 48.9 Å². The number of hydrogen-bond acceptors (Lipinski definition) is 5. The minimum absolute atomic E-state index is 0.452. The number of benzene rings is 3. The summed E-state index contributed by atoms with van der Waals surface area (Å²) < 4.78 is 18.0. The van der Waals surface area contributed by atoms with Gasteiger partial charge in [-0.2, -0.15) is 0 Å². The summed E-state index contributed by atoms with van der Waals surface area (Å²) >= 11 is 0. The largest absolute Gasteiger partial charge is 0.457 e. The predicted octanol–water partition coefficient (Wildman–Crippen LogP) is 5.19. The highest BCUT2D eigenvalue weighted by molar-refractivity contribution is 7.65. The fourth-order valence-electron chi connectivity index (χ4n) is 3.40. The van der Waals surface area contributed by atoms with E-state index in [4.69, 9.17) is 10.5 Å². The molecule has 0 bridgehead atoms. The highest BCUT2D eigenvalue weighted by Crippen LogP contribution is 2.36. The van der Waals surface area contributed by atoms with Crippen LogP contribution in [0.5, 0.6) is 11.5 Å². The van der Waals surface area contributed by atoms with Gasteiger partial charge in [-0.3, -0.25) is 4.57 Å². The number of nitrogens with one attached hydrogen (secondary N) is 1. The summed E-state index contributed by atoms with van der Waals surface area (Å²) in [4.78, 5) is 14.2. The van der Waals surface area contributed by atoms with E-state index in [2.05, 4.69) is 10.3 Å². The molecular weight excluding hydrogens is 397 g/mol. The normalized spacial score (nSPS) is 13.0. The molecule has 0 aliphatic heterocycles. The first-order valence-corrected chi connectivity index (χ1v) is 11.5. The number of anilines is 3. The maximum Gasteiger partial charge on any atom is 0.226 e. The van der Waals surface area contributed by atoms with E-state index >= 15 is 0 Å². The third-order valence-corrected chi connectivity index (χ3v) is 6.19. The van der Waals surface area contributed by atoms with Crippen LogP contribution in [0.1, 0.15) is 5.56 Å². The summed E-state index contributed by atoms with van der Waals surface area (Å²) in [6.07, 6.45) is 1.66. The summed E-state index contributed by atoms with van der Waals surface area (Å²) in [6.45, 7) is 3.15. The van der Waals surface area contributed by atoms with Gasteiger partial charge in [0.25, 0.3) is 0 Å². The maximum atomic E-state index is 11.9. The van der Waals surface area contributed by atoms with Crippen LogP contribution in [0.3, 0.4) is 0 Å². The minimum Gasteiger partial charge on any atom is -0.457 e. The van der Waals surface area contributed by atoms with E-state index in [9.17, 15) is 9.46 Å². The van der Waals surface area contributed by atoms with Crippen molar-refractivity contribution in [2.24, 2.45) is 0 Å². The molecule has 4 aromatic rings. The molecule has 0 amide bonds. The average molecular weight is 419 g/mol.